The summed E-state index contributed by atoms with van der Waals surface area (Å²) in [4.78, 5) is 16.9. The fourth-order valence-electron chi connectivity index (χ4n) is 2.43. The molecule has 5 heteroatoms. The molecule has 1 heterocycles. The van der Waals surface area contributed by atoms with Crippen LogP contribution in [0.3, 0.4) is 0 Å². The summed E-state index contributed by atoms with van der Waals surface area (Å²) in [6.45, 7) is 0. The summed E-state index contributed by atoms with van der Waals surface area (Å²) in [5.41, 5.74) is 2.77. The maximum atomic E-state index is 12.4. The van der Waals surface area contributed by atoms with E-state index in [0.29, 0.717) is 5.69 Å². The van der Waals surface area contributed by atoms with Crippen LogP contribution < -0.4 is 5.56 Å². The van der Waals surface area contributed by atoms with Gasteiger partial charge in [-0.25, -0.2) is 4.99 Å². The van der Waals surface area contributed by atoms with Crippen molar-refractivity contribution in [2.45, 2.75) is 0 Å². The van der Waals surface area contributed by atoms with Gasteiger partial charge in [0.05, 0.1) is 5.69 Å². The number of nitrogens with zero attached hydrogens (tertiary/aromatic N) is 3. The predicted molar refractivity (Wildman–Crippen MR) is 91.5 cm³/mol. The van der Waals surface area contributed by atoms with Gasteiger partial charge in [-0.1, -0.05) is 30.3 Å². The molecule has 0 unspecified atom stereocenters. The third-order valence-corrected chi connectivity index (χ3v) is 3.78. The highest BCUT2D eigenvalue weighted by Crippen LogP contribution is 2.27. The lowest BCUT2D eigenvalue weighted by molar-refractivity contribution is 0.475. The zero-order chi connectivity index (χ0) is 16.4. The molecular weight excluding hydrogens is 290 g/mol. The second-order valence-electron chi connectivity index (χ2n) is 5.27. The van der Waals surface area contributed by atoms with Crippen molar-refractivity contribution in [3.8, 4) is 17.0 Å². The summed E-state index contributed by atoms with van der Waals surface area (Å²) in [6, 6.07) is 16.4. The SMILES string of the molecule is Cn1c(-c2ccccc2)c(N=Cc2ccc(O)cc2)c(=O)n1C. The summed E-state index contributed by atoms with van der Waals surface area (Å²) >= 11 is 0. The zero-order valence-corrected chi connectivity index (χ0v) is 13.0. The molecule has 0 bridgehead atoms. The fraction of sp³-hybridized carbons (Fsp3) is 0.111. The molecule has 0 spiro atoms. The molecular formula is C18H17N3O2. The normalized spacial score (nSPS) is 11.2. The minimum atomic E-state index is -0.151. The standard InChI is InChI=1S/C18H17N3O2/c1-20-17(14-6-4-3-5-7-14)16(18(23)21(20)2)19-12-13-8-10-15(22)11-9-13/h3-12,22H,1-2H3. The van der Waals surface area contributed by atoms with Crippen molar-refractivity contribution in [1.29, 1.82) is 0 Å². The first-order valence-electron chi connectivity index (χ1n) is 7.22. The molecule has 0 aliphatic carbocycles. The van der Waals surface area contributed by atoms with E-state index in [1.165, 1.54) is 4.68 Å². The van der Waals surface area contributed by atoms with E-state index in [1.54, 1.807) is 42.2 Å². The van der Waals surface area contributed by atoms with E-state index in [1.807, 2.05) is 37.4 Å². The number of aromatic nitrogens is 2. The van der Waals surface area contributed by atoms with E-state index in [2.05, 4.69) is 4.99 Å². The Morgan fingerprint density at radius 2 is 1.61 bits per heavy atom. The van der Waals surface area contributed by atoms with Crippen molar-refractivity contribution in [2.24, 2.45) is 19.1 Å². The molecule has 0 saturated carbocycles. The molecule has 0 saturated heterocycles. The van der Waals surface area contributed by atoms with E-state index >= 15 is 0 Å². The van der Waals surface area contributed by atoms with Crippen LogP contribution >= 0.6 is 0 Å². The molecule has 3 aromatic rings. The molecule has 0 fully saturated rings. The highest BCUT2D eigenvalue weighted by molar-refractivity contribution is 5.84. The minimum Gasteiger partial charge on any atom is -0.508 e. The van der Waals surface area contributed by atoms with Gasteiger partial charge >= 0.3 is 0 Å². The summed E-state index contributed by atoms with van der Waals surface area (Å²) in [6.07, 6.45) is 1.63. The van der Waals surface area contributed by atoms with E-state index in [0.717, 1.165) is 16.8 Å². The van der Waals surface area contributed by atoms with Crippen LogP contribution in [-0.2, 0) is 14.1 Å². The molecule has 1 N–H and O–H groups in total. The molecule has 0 radical (unpaired) electrons. The van der Waals surface area contributed by atoms with Crippen LogP contribution in [0.1, 0.15) is 5.56 Å². The first kappa shape index (κ1) is 14.8. The summed E-state index contributed by atoms with van der Waals surface area (Å²) < 4.78 is 3.33. The number of aliphatic imine (C=N–C) groups is 1. The number of hydrogen-bond donors (Lipinski definition) is 1. The van der Waals surface area contributed by atoms with Crippen molar-refractivity contribution < 1.29 is 5.11 Å². The van der Waals surface area contributed by atoms with E-state index in [4.69, 9.17) is 0 Å². The number of aromatic hydroxyl groups is 1. The topological polar surface area (TPSA) is 59.5 Å². The maximum Gasteiger partial charge on any atom is 0.292 e. The minimum absolute atomic E-state index is 0.151. The van der Waals surface area contributed by atoms with Gasteiger partial charge < -0.3 is 5.11 Å². The van der Waals surface area contributed by atoms with Crippen LogP contribution in [0.5, 0.6) is 5.75 Å². The molecule has 2 aromatic carbocycles. The van der Waals surface area contributed by atoms with Crippen LogP contribution in [0.25, 0.3) is 11.3 Å². The van der Waals surface area contributed by atoms with E-state index < -0.39 is 0 Å². The van der Waals surface area contributed by atoms with Crippen molar-refractivity contribution >= 4 is 11.9 Å². The Kier molecular flexibility index (Phi) is 3.85. The Labute approximate surface area is 133 Å². The lowest BCUT2D eigenvalue weighted by atomic mass is 10.1. The van der Waals surface area contributed by atoms with Crippen LogP contribution in [0.4, 0.5) is 5.69 Å². The lowest BCUT2D eigenvalue weighted by Gasteiger charge is -2.05. The van der Waals surface area contributed by atoms with Gasteiger partial charge in [-0.2, -0.15) is 0 Å². The van der Waals surface area contributed by atoms with Gasteiger partial charge in [0.25, 0.3) is 5.56 Å². The second-order valence-corrected chi connectivity index (χ2v) is 5.27. The summed E-state index contributed by atoms with van der Waals surface area (Å²) in [7, 11) is 3.55. The molecule has 0 aliphatic rings. The smallest absolute Gasteiger partial charge is 0.292 e. The third kappa shape index (κ3) is 2.81. The molecule has 3 rings (SSSR count). The average Bonchev–Trinajstić information content (AvgIpc) is 2.79. The molecule has 116 valence electrons. The van der Waals surface area contributed by atoms with Gasteiger partial charge in [-0.3, -0.25) is 14.2 Å². The fourth-order valence-corrected chi connectivity index (χ4v) is 2.43. The Hall–Kier alpha value is -3.08. The molecule has 0 amide bonds. The van der Waals surface area contributed by atoms with Gasteiger partial charge in [0.1, 0.15) is 5.75 Å². The van der Waals surface area contributed by atoms with Crippen LogP contribution in [0.15, 0.2) is 64.4 Å². The van der Waals surface area contributed by atoms with Gasteiger partial charge in [0, 0.05) is 25.9 Å². The Bertz CT molecular complexity index is 904. The lowest BCUT2D eigenvalue weighted by Crippen LogP contribution is -2.16. The van der Waals surface area contributed by atoms with Crippen molar-refractivity contribution in [3.05, 3.63) is 70.5 Å². The van der Waals surface area contributed by atoms with Gasteiger partial charge in [-0.15, -0.1) is 0 Å². The Morgan fingerprint density at radius 3 is 2.26 bits per heavy atom. The highest BCUT2D eigenvalue weighted by Gasteiger charge is 2.16. The van der Waals surface area contributed by atoms with Gasteiger partial charge in [-0.05, 0) is 29.8 Å². The van der Waals surface area contributed by atoms with Crippen LogP contribution in [-0.4, -0.2) is 20.7 Å². The first-order chi connectivity index (χ1) is 11.1. The summed E-state index contributed by atoms with van der Waals surface area (Å²) in [5.74, 6) is 0.197. The van der Waals surface area contributed by atoms with Gasteiger partial charge in [0.2, 0.25) is 0 Å². The zero-order valence-electron chi connectivity index (χ0n) is 13.0. The summed E-state index contributed by atoms with van der Waals surface area (Å²) in [5, 5.41) is 9.32. The first-order valence-corrected chi connectivity index (χ1v) is 7.22. The number of hydrogen-bond acceptors (Lipinski definition) is 3. The van der Waals surface area contributed by atoms with Gasteiger partial charge in [0.15, 0.2) is 5.69 Å². The Morgan fingerprint density at radius 1 is 0.957 bits per heavy atom. The highest BCUT2D eigenvalue weighted by atomic mass is 16.3. The predicted octanol–water partition coefficient (Wildman–Crippen LogP) is 2.85. The number of benzene rings is 2. The second kappa shape index (κ2) is 5.96. The molecule has 0 aliphatic heterocycles. The largest absolute Gasteiger partial charge is 0.508 e. The average molecular weight is 307 g/mol. The van der Waals surface area contributed by atoms with Crippen molar-refractivity contribution in [3.63, 3.8) is 0 Å². The van der Waals surface area contributed by atoms with E-state index in [9.17, 15) is 9.90 Å². The molecule has 0 atom stereocenters. The molecule has 1 aromatic heterocycles. The maximum absolute atomic E-state index is 12.4. The van der Waals surface area contributed by atoms with Crippen molar-refractivity contribution in [1.82, 2.24) is 9.36 Å². The number of phenolic OH excluding ortho intramolecular Hbond substituents is 1. The van der Waals surface area contributed by atoms with Crippen molar-refractivity contribution in [2.75, 3.05) is 0 Å². The Balaban J connectivity index is 2.10. The monoisotopic (exact) mass is 307 g/mol. The van der Waals surface area contributed by atoms with Crippen LogP contribution in [0.2, 0.25) is 0 Å². The number of rotatable bonds is 3. The van der Waals surface area contributed by atoms with E-state index in [-0.39, 0.29) is 11.3 Å². The molecule has 23 heavy (non-hydrogen) atoms. The molecule has 5 nitrogen and oxygen atoms in total. The van der Waals surface area contributed by atoms with Crippen LogP contribution in [0, 0.1) is 0 Å². The quantitative estimate of drug-likeness (QED) is 0.756. The third-order valence-electron chi connectivity index (χ3n) is 3.78. The number of phenols is 1.